The molecule has 0 aromatic heterocycles. The summed E-state index contributed by atoms with van der Waals surface area (Å²) < 4.78 is 0. The quantitative estimate of drug-likeness (QED) is 0.638. The molecule has 0 saturated heterocycles. The Labute approximate surface area is 85.4 Å². The third-order valence-corrected chi connectivity index (χ3v) is 1.99. The molecule has 0 aliphatic heterocycles. The standard InChI is InChI=1S/C10H20N2O2/c1-4-6-7-11-10(14)12-8(3)9(13)5-2/h8H,4-7H2,1-3H3,(H2,11,12,14). The van der Waals surface area contributed by atoms with Crippen molar-refractivity contribution < 1.29 is 9.59 Å². The number of urea groups is 1. The summed E-state index contributed by atoms with van der Waals surface area (Å²) in [5, 5.41) is 5.28. The molecule has 4 nitrogen and oxygen atoms in total. The molecule has 0 saturated carbocycles. The largest absolute Gasteiger partial charge is 0.338 e. The smallest absolute Gasteiger partial charge is 0.315 e. The average molecular weight is 200 g/mol. The van der Waals surface area contributed by atoms with E-state index >= 15 is 0 Å². The second-order valence-electron chi connectivity index (χ2n) is 3.30. The van der Waals surface area contributed by atoms with Gasteiger partial charge in [0.05, 0.1) is 6.04 Å². The van der Waals surface area contributed by atoms with Crippen LogP contribution in [-0.2, 0) is 4.79 Å². The Kier molecular flexibility index (Phi) is 6.80. The number of hydrogen-bond donors (Lipinski definition) is 2. The van der Waals surface area contributed by atoms with Crippen molar-refractivity contribution in [1.82, 2.24) is 10.6 Å². The molecular weight excluding hydrogens is 180 g/mol. The van der Waals surface area contributed by atoms with Crippen molar-refractivity contribution in [1.29, 1.82) is 0 Å². The molecule has 4 heteroatoms. The van der Waals surface area contributed by atoms with E-state index in [2.05, 4.69) is 17.6 Å². The maximum Gasteiger partial charge on any atom is 0.315 e. The summed E-state index contributed by atoms with van der Waals surface area (Å²) in [5.41, 5.74) is 0. The first-order valence-electron chi connectivity index (χ1n) is 5.18. The highest BCUT2D eigenvalue weighted by Gasteiger charge is 2.12. The van der Waals surface area contributed by atoms with E-state index in [0.717, 1.165) is 12.8 Å². The van der Waals surface area contributed by atoms with Crippen molar-refractivity contribution >= 4 is 11.8 Å². The number of hydrogen-bond acceptors (Lipinski definition) is 2. The molecule has 0 fully saturated rings. The van der Waals surface area contributed by atoms with E-state index in [9.17, 15) is 9.59 Å². The number of amides is 2. The van der Waals surface area contributed by atoms with Crippen LogP contribution in [0.1, 0.15) is 40.0 Å². The highest BCUT2D eigenvalue weighted by molar-refractivity contribution is 5.87. The number of nitrogens with one attached hydrogen (secondary N) is 2. The maximum absolute atomic E-state index is 11.2. The topological polar surface area (TPSA) is 58.2 Å². The predicted molar refractivity (Wildman–Crippen MR) is 56.2 cm³/mol. The highest BCUT2D eigenvalue weighted by atomic mass is 16.2. The Balaban J connectivity index is 3.65. The zero-order chi connectivity index (χ0) is 11.0. The second kappa shape index (κ2) is 7.35. The van der Waals surface area contributed by atoms with Crippen molar-refractivity contribution in [3.63, 3.8) is 0 Å². The molecule has 14 heavy (non-hydrogen) atoms. The lowest BCUT2D eigenvalue weighted by molar-refractivity contribution is -0.120. The third kappa shape index (κ3) is 5.56. The fourth-order valence-electron chi connectivity index (χ4n) is 1.01. The fourth-order valence-corrected chi connectivity index (χ4v) is 1.01. The van der Waals surface area contributed by atoms with Crippen molar-refractivity contribution in [3.8, 4) is 0 Å². The van der Waals surface area contributed by atoms with E-state index in [4.69, 9.17) is 0 Å². The first kappa shape index (κ1) is 12.9. The van der Waals surface area contributed by atoms with Gasteiger partial charge >= 0.3 is 6.03 Å². The van der Waals surface area contributed by atoms with Gasteiger partial charge < -0.3 is 10.6 Å². The van der Waals surface area contributed by atoms with E-state index < -0.39 is 0 Å². The maximum atomic E-state index is 11.2. The lowest BCUT2D eigenvalue weighted by Gasteiger charge is -2.12. The molecule has 2 amide bonds. The number of ketones is 1. The van der Waals surface area contributed by atoms with Gasteiger partial charge in [0, 0.05) is 13.0 Å². The molecule has 0 spiro atoms. The summed E-state index contributed by atoms with van der Waals surface area (Å²) in [7, 11) is 0. The Morgan fingerprint density at radius 1 is 1.29 bits per heavy atom. The Morgan fingerprint density at radius 2 is 1.93 bits per heavy atom. The van der Waals surface area contributed by atoms with Crippen LogP contribution in [0.5, 0.6) is 0 Å². The third-order valence-electron chi connectivity index (χ3n) is 1.99. The Hall–Kier alpha value is -1.06. The van der Waals surface area contributed by atoms with Crippen LogP contribution in [0, 0.1) is 0 Å². The number of unbranched alkanes of at least 4 members (excludes halogenated alkanes) is 1. The molecule has 0 aliphatic carbocycles. The van der Waals surface area contributed by atoms with Gasteiger partial charge in [0.15, 0.2) is 5.78 Å². The van der Waals surface area contributed by atoms with E-state index in [1.807, 2.05) is 0 Å². The lowest BCUT2D eigenvalue weighted by atomic mass is 10.2. The molecule has 2 N–H and O–H groups in total. The molecule has 0 bridgehead atoms. The molecule has 0 aromatic carbocycles. The van der Waals surface area contributed by atoms with Crippen LogP contribution in [-0.4, -0.2) is 24.4 Å². The van der Waals surface area contributed by atoms with Crippen LogP contribution in [0.25, 0.3) is 0 Å². The monoisotopic (exact) mass is 200 g/mol. The molecule has 82 valence electrons. The van der Waals surface area contributed by atoms with Gasteiger partial charge in [-0.3, -0.25) is 4.79 Å². The summed E-state index contributed by atoms with van der Waals surface area (Å²) in [5.74, 6) is 0.0515. The van der Waals surface area contributed by atoms with Gasteiger partial charge in [0.25, 0.3) is 0 Å². The van der Waals surface area contributed by atoms with Gasteiger partial charge in [-0.15, -0.1) is 0 Å². The van der Waals surface area contributed by atoms with Crippen LogP contribution in [0.4, 0.5) is 4.79 Å². The number of Topliss-reactive ketones (excluding diaryl/α,β-unsaturated/α-hetero) is 1. The summed E-state index contributed by atoms with van der Waals surface area (Å²) in [6.07, 6.45) is 2.46. The van der Waals surface area contributed by atoms with Crippen molar-refractivity contribution in [2.75, 3.05) is 6.54 Å². The minimum absolute atomic E-state index is 0.0515. The highest BCUT2D eigenvalue weighted by Crippen LogP contribution is 1.89. The molecule has 0 heterocycles. The molecule has 1 atom stereocenters. The van der Waals surface area contributed by atoms with Gasteiger partial charge in [-0.25, -0.2) is 4.79 Å². The van der Waals surface area contributed by atoms with Crippen LogP contribution < -0.4 is 10.6 Å². The van der Waals surface area contributed by atoms with Crippen LogP contribution in [0.2, 0.25) is 0 Å². The van der Waals surface area contributed by atoms with Gasteiger partial charge in [-0.2, -0.15) is 0 Å². The van der Waals surface area contributed by atoms with Crippen molar-refractivity contribution in [2.24, 2.45) is 0 Å². The van der Waals surface area contributed by atoms with Crippen molar-refractivity contribution in [3.05, 3.63) is 0 Å². The minimum Gasteiger partial charge on any atom is -0.338 e. The zero-order valence-electron chi connectivity index (χ0n) is 9.22. The summed E-state index contributed by atoms with van der Waals surface area (Å²) in [6, 6.07) is -0.644. The average Bonchev–Trinajstić information content (AvgIpc) is 2.16. The summed E-state index contributed by atoms with van der Waals surface area (Å²) >= 11 is 0. The predicted octanol–water partition coefficient (Wildman–Crippen LogP) is 1.45. The first-order chi connectivity index (χ1) is 6.61. The molecular formula is C10H20N2O2. The van der Waals surface area contributed by atoms with Crippen molar-refractivity contribution in [2.45, 2.75) is 46.1 Å². The normalized spacial score (nSPS) is 11.9. The van der Waals surface area contributed by atoms with Crippen LogP contribution in [0.3, 0.4) is 0 Å². The molecule has 1 unspecified atom stereocenters. The first-order valence-corrected chi connectivity index (χ1v) is 5.18. The summed E-state index contributed by atoms with van der Waals surface area (Å²) in [6.45, 7) is 6.21. The van der Waals surface area contributed by atoms with Crippen LogP contribution >= 0.6 is 0 Å². The zero-order valence-corrected chi connectivity index (χ0v) is 9.22. The van der Waals surface area contributed by atoms with E-state index in [-0.39, 0.29) is 17.9 Å². The SMILES string of the molecule is CCCCNC(=O)NC(C)C(=O)CC. The Morgan fingerprint density at radius 3 is 2.43 bits per heavy atom. The number of carbonyl (C=O) groups excluding carboxylic acids is 2. The van der Waals surface area contributed by atoms with E-state index in [0.29, 0.717) is 13.0 Å². The molecule has 0 aromatic rings. The van der Waals surface area contributed by atoms with Crippen LogP contribution in [0.15, 0.2) is 0 Å². The number of rotatable bonds is 6. The number of carbonyl (C=O) groups is 2. The molecule has 0 aliphatic rings. The minimum atomic E-state index is -0.387. The van der Waals surface area contributed by atoms with E-state index in [1.165, 1.54) is 0 Å². The fraction of sp³-hybridized carbons (Fsp3) is 0.800. The molecule has 0 radical (unpaired) electrons. The molecule has 0 rings (SSSR count). The Bertz CT molecular complexity index is 193. The van der Waals surface area contributed by atoms with Gasteiger partial charge in [-0.1, -0.05) is 20.3 Å². The second-order valence-corrected chi connectivity index (χ2v) is 3.30. The summed E-state index contributed by atoms with van der Waals surface area (Å²) in [4.78, 5) is 22.3. The van der Waals surface area contributed by atoms with Gasteiger partial charge in [0.2, 0.25) is 0 Å². The lowest BCUT2D eigenvalue weighted by Crippen LogP contribution is -2.44. The van der Waals surface area contributed by atoms with Gasteiger partial charge in [-0.05, 0) is 13.3 Å². The van der Waals surface area contributed by atoms with Gasteiger partial charge in [0.1, 0.15) is 0 Å². The van der Waals surface area contributed by atoms with E-state index in [1.54, 1.807) is 13.8 Å².